The van der Waals surface area contributed by atoms with Crippen LogP contribution in [-0.2, 0) is 10.4 Å². The molecule has 2 aromatic rings. The van der Waals surface area contributed by atoms with Crippen LogP contribution in [0.3, 0.4) is 0 Å². The maximum atomic E-state index is 13.7. The van der Waals surface area contributed by atoms with E-state index in [1.54, 1.807) is 19.1 Å². The van der Waals surface area contributed by atoms with Gasteiger partial charge in [0, 0.05) is 17.7 Å². The fraction of sp³-hybridized carbons (Fsp3) is 0.235. The maximum absolute atomic E-state index is 13.7. The van der Waals surface area contributed by atoms with Gasteiger partial charge in [-0.15, -0.1) is 0 Å². The van der Waals surface area contributed by atoms with Gasteiger partial charge in [0.1, 0.15) is 28.8 Å². The Bertz CT molecular complexity index is 735. The smallest absolute Gasteiger partial charge is 0.244 e. The lowest BCUT2D eigenvalue weighted by Gasteiger charge is -2.24. The lowest BCUT2D eigenvalue weighted by atomic mass is 9.95. The van der Waals surface area contributed by atoms with Gasteiger partial charge in [0.05, 0.1) is 6.54 Å². The molecule has 0 spiro atoms. The second-order valence-corrected chi connectivity index (χ2v) is 5.40. The van der Waals surface area contributed by atoms with Gasteiger partial charge in [-0.05, 0) is 38.1 Å². The zero-order chi connectivity index (χ0) is 17.0. The van der Waals surface area contributed by atoms with E-state index in [1.807, 2.05) is 0 Å². The molecule has 0 fully saturated rings. The third kappa shape index (κ3) is 4.50. The summed E-state index contributed by atoms with van der Waals surface area (Å²) in [6, 6.07) is 6.36. The van der Waals surface area contributed by atoms with Crippen LogP contribution < -0.4 is 5.32 Å². The topological polar surface area (TPSA) is 62.5 Å². The second kappa shape index (κ2) is 6.75. The highest BCUT2D eigenvalue weighted by Gasteiger charge is 2.27. The Labute approximate surface area is 132 Å². The first-order valence-electron chi connectivity index (χ1n) is 6.98. The number of hydrogen-bond donors (Lipinski definition) is 2. The Morgan fingerprint density at radius 3 is 2.70 bits per heavy atom. The number of furan rings is 1. The minimum Gasteiger partial charge on any atom is -0.462 e. The van der Waals surface area contributed by atoms with Gasteiger partial charge in [0.25, 0.3) is 0 Å². The Hall–Kier alpha value is -2.47. The van der Waals surface area contributed by atoms with Gasteiger partial charge in [-0.2, -0.15) is 0 Å². The summed E-state index contributed by atoms with van der Waals surface area (Å²) in [6.07, 6.45) is 2.73. The molecule has 4 nitrogen and oxygen atoms in total. The summed E-state index contributed by atoms with van der Waals surface area (Å²) in [5, 5.41) is 12.7. The molecule has 0 aliphatic rings. The Morgan fingerprint density at radius 1 is 1.35 bits per heavy atom. The van der Waals surface area contributed by atoms with E-state index < -0.39 is 23.1 Å². The standard InChI is InChI=1S/C17H17F2NO3/c1-11-3-5-13(23-11)6-8-16(21)20-10-17(2,22)14-7-4-12(18)9-15(14)19/h3-9,22H,10H2,1-2H3,(H,20,21). The van der Waals surface area contributed by atoms with E-state index in [0.717, 1.165) is 17.9 Å². The third-order valence-corrected chi connectivity index (χ3v) is 3.28. The molecule has 1 aromatic carbocycles. The minimum atomic E-state index is -1.66. The number of rotatable bonds is 5. The molecule has 2 N–H and O–H groups in total. The highest BCUT2D eigenvalue weighted by Crippen LogP contribution is 2.23. The lowest BCUT2D eigenvalue weighted by Crippen LogP contribution is -2.38. The van der Waals surface area contributed by atoms with Crippen LogP contribution in [0, 0.1) is 18.6 Å². The number of carbonyl (C=O) groups is 1. The molecule has 0 aliphatic carbocycles. The third-order valence-electron chi connectivity index (χ3n) is 3.28. The monoisotopic (exact) mass is 321 g/mol. The van der Waals surface area contributed by atoms with E-state index >= 15 is 0 Å². The first-order valence-corrected chi connectivity index (χ1v) is 6.98. The van der Waals surface area contributed by atoms with Gasteiger partial charge < -0.3 is 14.8 Å². The summed E-state index contributed by atoms with van der Waals surface area (Å²) >= 11 is 0. The van der Waals surface area contributed by atoms with Gasteiger partial charge >= 0.3 is 0 Å². The molecule has 1 unspecified atom stereocenters. The summed E-state index contributed by atoms with van der Waals surface area (Å²) < 4.78 is 31.9. The SMILES string of the molecule is Cc1ccc(C=CC(=O)NCC(C)(O)c2ccc(F)cc2F)o1. The van der Waals surface area contributed by atoms with E-state index in [9.17, 15) is 18.7 Å². The van der Waals surface area contributed by atoms with Crippen LogP contribution in [-0.4, -0.2) is 17.6 Å². The fourth-order valence-electron chi connectivity index (χ4n) is 2.04. The van der Waals surface area contributed by atoms with E-state index in [1.165, 1.54) is 19.1 Å². The molecule has 1 aromatic heterocycles. The summed E-state index contributed by atoms with van der Waals surface area (Å²) in [4.78, 5) is 11.7. The second-order valence-electron chi connectivity index (χ2n) is 5.40. The highest BCUT2D eigenvalue weighted by molar-refractivity contribution is 5.91. The van der Waals surface area contributed by atoms with E-state index in [2.05, 4.69) is 5.32 Å². The summed E-state index contributed by atoms with van der Waals surface area (Å²) in [6.45, 7) is 2.89. The van der Waals surface area contributed by atoms with E-state index in [-0.39, 0.29) is 12.1 Å². The number of nitrogens with one attached hydrogen (secondary N) is 1. The van der Waals surface area contributed by atoms with Crippen molar-refractivity contribution >= 4 is 12.0 Å². The predicted octanol–water partition coefficient (Wildman–Crippen LogP) is 2.90. The first kappa shape index (κ1) is 16.9. The Balaban J connectivity index is 1.98. The lowest BCUT2D eigenvalue weighted by molar-refractivity contribution is -0.117. The van der Waals surface area contributed by atoms with Gasteiger partial charge in [0.15, 0.2) is 0 Å². The molecule has 0 bridgehead atoms. The highest BCUT2D eigenvalue weighted by atomic mass is 19.1. The minimum absolute atomic E-state index is 0.0927. The maximum Gasteiger partial charge on any atom is 0.244 e. The molecule has 0 aliphatic heterocycles. The number of aryl methyl sites for hydroxylation is 1. The molecule has 1 heterocycles. The van der Waals surface area contributed by atoms with Crippen molar-refractivity contribution in [2.75, 3.05) is 6.54 Å². The fourth-order valence-corrected chi connectivity index (χ4v) is 2.04. The van der Waals surface area contributed by atoms with Crippen LogP contribution in [0.1, 0.15) is 24.0 Å². The average Bonchev–Trinajstić information content (AvgIpc) is 2.88. The van der Waals surface area contributed by atoms with Crippen molar-refractivity contribution in [1.82, 2.24) is 5.32 Å². The van der Waals surface area contributed by atoms with Crippen LogP contribution in [0.25, 0.3) is 6.08 Å². The molecule has 0 saturated carbocycles. The molecule has 6 heteroatoms. The van der Waals surface area contributed by atoms with Crippen molar-refractivity contribution in [3.8, 4) is 0 Å². The molecule has 2 rings (SSSR count). The molecule has 0 radical (unpaired) electrons. The van der Waals surface area contributed by atoms with Crippen molar-refractivity contribution in [2.24, 2.45) is 0 Å². The number of aliphatic hydroxyl groups is 1. The molecule has 1 atom stereocenters. The van der Waals surface area contributed by atoms with Crippen molar-refractivity contribution < 1.29 is 23.1 Å². The largest absolute Gasteiger partial charge is 0.462 e. The molecular weight excluding hydrogens is 304 g/mol. The van der Waals surface area contributed by atoms with Gasteiger partial charge in [0.2, 0.25) is 5.91 Å². The van der Waals surface area contributed by atoms with Gasteiger partial charge in [-0.1, -0.05) is 6.07 Å². The number of hydrogen-bond acceptors (Lipinski definition) is 3. The predicted molar refractivity (Wildman–Crippen MR) is 81.4 cm³/mol. The number of halogens is 2. The van der Waals surface area contributed by atoms with Crippen molar-refractivity contribution in [1.29, 1.82) is 0 Å². The average molecular weight is 321 g/mol. The number of benzene rings is 1. The normalized spacial score (nSPS) is 14.0. The molecule has 0 saturated heterocycles. The first-order chi connectivity index (χ1) is 10.8. The Kier molecular flexibility index (Phi) is 4.95. The molecule has 1 amide bonds. The van der Waals surface area contributed by atoms with Crippen molar-refractivity contribution in [3.63, 3.8) is 0 Å². The zero-order valence-electron chi connectivity index (χ0n) is 12.8. The van der Waals surface area contributed by atoms with Crippen LogP contribution >= 0.6 is 0 Å². The summed E-state index contributed by atoms with van der Waals surface area (Å²) in [5.41, 5.74) is -1.76. The van der Waals surface area contributed by atoms with Crippen molar-refractivity contribution in [2.45, 2.75) is 19.4 Å². The van der Waals surface area contributed by atoms with E-state index in [4.69, 9.17) is 4.42 Å². The zero-order valence-corrected chi connectivity index (χ0v) is 12.8. The quantitative estimate of drug-likeness (QED) is 0.832. The van der Waals surface area contributed by atoms with Gasteiger partial charge in [-0.3, -0.25) is 4.79 Å². The molecular formula is C17H17F2NO3. The number of amides is 1. The summed E-state index contributed by atoms with van der Waals surface area (Å²) in [7, 11) is 0. The van der Waals surface area contributed by atoms with Crippen LogP contribution in [0.15, 0.2) is 40.8 Å². The Morgan fingerprint density at radius 2 is 2.09 bits per heavy atom. The molecule has 122 valence electrons. The van der Waals surface area contributed by atoms with Crippen LogP contribution in [0.5, 0.6) is 0 Å². The van der Waals surface area contributed by atoms with Crippen LogP contribution in [0.2, 0.25) is 0 Å². The van der Waals surface area contributed by atoms with Crippen molar-refractivity contribution in [3.05, 3.63) is 65.1 Å². The van der Waals surface area contributed by atoms with Gasteiger partial charge in [-0.25, -0.2) is 8.78 Å². The van der Waals surface area contributed by atoms with E-state index in [0.29, 0.717) is 11.8 Å². The van der Waals surface area contributed by atoms with Crippen LogP contribution in [0.4, 0.5) is 8.78 Å². The summed E-state index contributed by atoms with van der Waals surface area (Å²) in [5.74, 6) is -0.829. The number of carbonyl (C=O) groups excluding carboxylic acids is 1. The molecule has 23 heavy (non-hydrogen) atoms.